The average Bonchev–Trinajstić information content (AvgIpc) is 3.14. The molecule has 2 aromatic heterocycles. The van der Waals surface area contributed by atoms with Crippen LogP contribution in [0.25, 0.3) is 17.1 Å². The number of aromatic nitrogens is 5. The number of hydrogen-bond acceptors (Lipinski definition) is 5. The highest BCUT2D eigenvalue weighted by Gasteiger charge is 2.26. The molecule has 7 nitrogen and oxygen atoms in total. The first-order chi connectivity index (χ1) is 12.1. The minimum atomic E-state index is 0.0801. The van der Waals surface area contributed by atoms with Crippen molar-refractivity contribution < 1.29 is 9.53 Å². The standard InChI is InChI=1S/C17H16ClN5O2/c1-10(2)25-8-16-20-21-17-12-5-11(18)3-4-14(12)23-9-19-13(7-24)15(23)6-22(16)17/h3-5,7,9-10H,6,8H2,1-2H3. The lowest BCUT2D eigenvalue weighted by Gasteiger charge is -2.10. The molecule has 0 saturated carbocycles. The van der Waals surface area contributed by atoms with E-state index in [4.69, 9.17) is 16.3 Å². The van der Waals surface area contributed by atoms with Gasteiger partial charge in [0.05, 0.1) is 24.0 Å². The second-order valence-corrected chi connectivity index (χ2v) is 6.55. The van der Waals surface area contributed by atoms with Gasteiger partial charge >= 0.3 is 0 Å². The third kappa shape index (κ3) is 2.65. The first kappa shape index (κ1) is 16.0. The number of halogens is 1. The fourth-order valence-corrected chi connectivity index (χ4v) is 3.12. The molecule has 0 atom stereocenters. The van der Waals surface area contributed by atoms with E-state index in [-0.39, 0.29) is 6.10 Å². The van der Waals surface area contributed by atoms with E-state index in [1.54, 1.807) is 12.4 Å². The van der Waals surface area contributed by atoms with Crippen molar-refractivity contribution in [1.29, 1.82) is 0 Å². The molecule has 0 amide bonds. The number of imidazole rings is 1. The molecule has 1 aromatic carbocycles. The van der Waals surface area contributed by atoms with Crippen molar-refractivity contribution >= 4 is 17.9 Å². The van der Waals surface area contributed by atoms with E-state index in [1.807, 2.05) is 35.1 Å². The van der Waals surface area contributed by atoms with E-state index in [9.17, 15) is 4.79 Å². The van der Waals surface area contributed by atoms with E-state index in [0.717, 1.165) is 23.2 Å². The Morgan fingerprint density at radius 3 is 2.96 bits per heavy atom. The Labute approximate surface area is 149 Å². The van der Waals surface area contributed by atoms with E-state index in [2.05, 4.69) is 15.2 Å². The third-order valence-electron chi connectivity index (χ3n) is 4.15. The van der Waals surface area contributed by atoms with E-state index in [1.165, 1.54) is 0 Å². The summed E-state index contributed by atoms with van der Waals surface area (Å²) in [5.41, 5.74) is 2.88. The predicted molar refractivity (Wildman–Crippen MR) is 92.0 cm³/mol. The van der Waals surface area contributed by atoms with Gasteiger partial charge in [0.15, 0.2) is 17.9 Å². The smallest absolute Gasteiger partial charge is 0.170 e. The van der Waals surface area contributed by atoms with Crippen LogP contribution >= 0.6 is 11.6 Å². The van der Waals surface area contributed by atoms with Gasteiger partial charge in [0.1, 0.15) is 18.6 Å². The molecule has 0 aliphatic carbocycles. The Hall–Kier alpha value is -2.51. The molecule has 1 aliphatic rings. The van der Waals surface area contributed by atoms with Crippen LogP contribution in [0.5, 0.6) is 0 Å². The van der Waals surface area contributed by atoms with Crippen molar-refractivity contribution in [1.82, 2.24) is 24.3 Å². The molecule has 0 N–H and O–H groups in total. The summed E-state index contributed by atoms with van der Waals surface area (Å²) in [6, 6.07) is 5.55. The second kappa shape index (κ2) is 6.09. The van der Waals surface area contributed by atoms with Crippen LogP contribution in [0.4, 0.5) is 0 Å². The van der Waals surface area contributed by atoms with E-state index < -0.39 is 0 Å². The first-order valence-electron chi connectivity index (χ1n) is 7.94. The van der Waals surface area contributed by atoms with Crippen LogP contribution in [0, 0.1) is 0 Å². The minimum Gasteiger partial charge on any atom is -0.371 e. The highest BCUT2D eigenvalue weighted by molar-refractivity contribution is 6.31. The molecule has 0 saturated heterocycles. The number of carbonyl (C=O) groups is 1. The monoisotopic (exact) mass is 357 g/mol. The van der Waals surface area contributed by atoms with Gasteiger partial charge in [0.25, 0.3) is 0 Å². The van der Waals surface area contributed by atoms with Crippen molar-refractivity contribution in [3.63, 3.8) is 0 Å². The molecule has 0 radical (unpaired) electrons. The Kier molecular flexibility index (Phi) is 3.89. The summed E-state index contributed by atoms with van der Waals surface area (Å²) in [7, 11) is 0. The molecule has 0 bridgehead atoms. The summed E-state index contributed by atoms with van der Waals surface area (Å²) in [5, 5.41) is 9.23. The SMILES string of the molecule is CC(C)OCc1nnc2n1Cc1c(C=O)ncn1-c1ccc(Cl)cc1-2. The first-order valence-corrected chi connectivity index (χ1v) is 8.31. The molecule has 128 valence electrons. The summed E-state index contributed by atoms with van der Waals surface area (Å²) < 4.78 is 9.54. The summed E-state index contributed by atoms with van der Waals surface area (Å²) in [6.07, 6.45) is 2.49. The minimum absolute atomic E-state index is 0.0801. The molecular formula is C17H16ClN5O2. The average molecular weight is 358 g/mol. The normalized spacial score (nSPS) is 12.5. The number of benzene rings is 1. The van der Waals surface area contributed by atoms with Crippen molar-refractivity contribution in [3.05, 3.63) is 46.8 Å². The fourth-order valence-electron chi connectivity index (χ4n) is 2.95. The maximum Gasteiger partial charge on any atom is 0.170 e. The Morgan fingerprint density at radius 1 is 1.36 bits per heavy atom. The summed E-state index contributed by atoms with van der Waals surface area (Å²) in [4.78, 5) is 15.6. The van der Waals surface area contributed by atoms with Gasteiger partial charge in [-0.2, -0.15) is 0 Å². The molecule has 0 spiro atoms. The van der Waals surface area contributed by atoms with Gasteiger partial charge < -0.3 is 9.30 Å². The number of fused-ring (bicyclic) bond motifs is 5. The molecule has 3 heterocycles. The highest BCUT2D eigenvalue weighted by Crippen LogP contribution is 2.33. The van der Waals surface area contributed by atoms with Crippen LogP contribution in [0.2, 0.25) is 5.02 Å². The van der Waals surface area contributed by atoms with Crippen LogP contribution in [0.3, 0.4) is 0 Å². The molecular weight excluding hydrogens is 342 g/mol. The maximum atomic E-state index is 11.4. The van der Waals surface area contributed by atoms with Gasteiger partial charge in [-0.05, 0) is 32.0 Å². The number of nitrogens with zero attached hydrogens (tertiary/aromatic N) is 5. The zero-order chi connectivity index (χ0) is 17.6. The largest absolute Gasteiger partial charge is 0.371 e. The fraction of sp³-hybridized carbons (Fsp3) is 0.294. The lowest BCUT2D eigenvalue weighted by molar-refractivity contribution is 0.0595. The van der Waals surface area contributed by atoms with E-state index in [0.29, 0.717) is 35.5 Å². The Balaban J connectivity index is 1.93. The van der Waals surface area contributed by atoms with E-state index >= 15 is 0 Å². The topological polar surface area (TPSA) is 74.8 Å². The number of ether oxygens (including phenoxy) is 1. The van der Waals surface area contributed by atoms with Crippen molar-refractivity contribution in [2.24, 2.45) is 0 Å². The summed E-state index contributed by atoms with van der Waals surface area (Å²) >= 11 is 6.20. The molecule has 3 aromatic rings. The lowest BCUT2D eigenvalue weighted by Crippen LogP contribution is -2.12. The van der Waals surface area contributed by atoms with Gasteiger partial charge in [0.2, 0.25) is 0 Å². The van der Waals surface area contributed by atoms with Crippen LogP contribution in [0.15, 0.2) is 24.5 Å². The van der Waals surface area contributed by atoms with Gasteiger partial charge in [-0.25, -0.2) is 4.98 Å². The molecule has 8 heteroatoms. The van der Waals surface area contributed by atoms with Crippen LogP contribution in [0.1, 0.15) is 35.9 Å². The molecule has 0 fully saturated rings. The van der Waals surface area contributed by atoms with Crippen LogP contribution < -0.4 is 0 Å². The lowest BCUT2D eigenvalue weighted by atomic mass is 10.1. The Morgan fingerprint density at radius 2 is 2.20 bits per heavy atom. The molecule has 1 aliphatic heterocycles. The van der Waals surface area contributed by atoms with Gasteiger partial charge in [-0.15, -0.1) is 10.2 Å². The Bertz CT molecular complexity index is 960. The molecule has 25 heavy (non-hydrogen) atoms. The molecule has 0 unspecified atom stereocenters. The number of hydrogen-bond donors (Lipinski definition) is 0. The zero-order valence-corrected chi connectivity index (χ0v) is 14.6. The van der Waals surface area contributed by atoms with Crippen molar-refractivity contribution in [3.8, 4) is 17.1 Å². The quantitative estimate of drug-likeness (QED) is 0.525. The third-order valence-corrected chi connectivity index (χ3v) is 4.39. The van der Waals surface area contributed by atoms with Crippen LogP contribution in [-0.4, -0.2) is 36.7 Å². The second-order valence-electron chi connectivity index (χ2n) is 6.11. The summed E-state index contributed by atoms with van der Waals surface area (Å²) in [5.74, 6) is 1.39. The van der Waals surface area contributed by atoms with Crippen LogP contribution in [-0.2, 0) is 17.9 Å². The number of aldehydes is 1. The highest BCUT2D eigenvalue weighted by atomic mass is 35.5. The summed E-state index contributed by atoms with van der Waals surface area (Å²) in [6.45, 7) is 4.70. The van der Waals surface area contributed by atoms with Gasteiger partial charge in [0, 0.05) is 10.6 Å². The maximum absolute atomic E-state index is 11.4. The zero-order valence-electron chi connectivity index (χ0n) is 13.8. The number of rotatable bonds is 4. The van der Waals surface area contributed by atoms with Gasteiger partial charge in [-0.3, -0.25) is 9.36 Å². The van der Waals surface area contributed by atoms with Crippen molar-refractivity contribution in [2.75, 3.05) is 0 Å². The predicted octanol–water partition coefficient (Wildman–Crippen LogP) is 2.88. The van der Waals surface area contributed by atoms with Gasteiger partial charge in [-0.1, -0.05) is 11.6 Å². The molecule has 4 rings (SSSR count). The number of carbonyl (C=O) groups excluding carboxylic acids is 1. The van der Waals surface area contributed by atoms with Crippen molar-refractivity contribution in [2.45, 2.75) is 33.1 Å².